The summed E-state index contributed by atoms with van der Waals surface area (Å²) in [6.07, 6.45) is 0. The first-order valence-electron chi connectivity index (χ1n) is 3.89. The van der Waals surface area contributed by atoms with Gasteiger partial charge < -0.3 is 0 Å². The summed E-state index contributed by atoms with van der Waals surface area (Å²) in [4.78, 5) is 0. The van der Waals surface area contributed by atoms with Crippen LogP contribution in [0.3, 0.4) is 0 Å². The Hall–Kier alpha value is 0.430. The van der Waals surface area contributed by atoms with Gasteiger partial charge in [-0.1, -0.05) is 0 Å². The second-order valence-corrected chi connectivity index (χ2v) is 10.1. The number of hydrogen-bond donors (Lipinski definition) is 0. The van der Waals surface area contributed by atoms with E-state index in [0.717, 1.165) is 11.3 Å². The molecule has 9 heavy (non-hydrogen) atoms. The van der Waals surface area contributed by atoms with E-state index in [0.29, 0.717) is 0 Å². The standard InChI is InChI=1S/C8H21P/c1-7(2)9(5,6)8(3)4/h7-9H,1-6H3. The molecule has 58 valence electrons. The zero-order valence-electron chi connectivity index (χ0n) is 7.65. The monoisotopic (exact) mass is 148 g/mol. The maximum absolute atomic E-state index is 2.47. The molecule has 0 aromatic rings. The molecule has 0 amide bonds. The Bertz CT molecular complexity index is 72.6. The third-order valence-corrected chi connectivity index (χ3v) is 8.93. The van der Waals surface area contributed by atoms with Crippen LogP contribution in [0.2, 0.25) is 0 Å². The molecular weight excluding hydrogens is 127 g/mol. The van der Waals surface area contributed by atoms with Gasteiger partial charge in [0.15, 0.2) is 0 Å². The molecule has 0 aromatic carbocycles. The normalized spacial score (nSPS) is 15.1. The quantitative estimate of drug-likeness (QED) is 0.528. The van der Waals surface area contributed by atoms with Gasteiger partial charge in [0.2, 0.25) is 0 Å². The van der Waals surface area contributed by atoms with E-state index in [-0.39, 0.29) is 0 Å². The predicted octanol–water partition coefficient (Wildman–Crippen LogP) is 2.81. The molecule has 0 fully saturated rings. The van der Waals surface area contributed by atoms with Crippen LogP contribution in [0, 0.1) is 0 Å². The molecule has 0 unspecified atom stereocenters. The number of hydrogen-bond acceptors (Lipinski definition) is 0. The van der Waals surface area contributed by atoms with Crippen LogP contribution in [0.5, 0.6) is 0 Å². The molecule has 0 N–H and O–H groups in total. The summed E-state index contributed by atoms with van der Waals surface area (Å²) in [5, 5.41) is 0. The third-order valence-electron chi connectivity index (χ3n) is 2.98. The summed E-state index contributed by atoms with van der Waals surface area (Å²) >= 11 is 0. The van der Waals surface area contributed by atoms with Crippen LogP contribution in [-0.2, 0) is 0 Å². The molecular formula is C8H21P. The van der Waals surface area contributed by atoms with Gasteiger partial charge in [0.05, 0.1) is 0 Å². The van der Waals surface area contributed by atoms with Crippen molar-refractivity contribution in [1.82, 2.24) is 0 Å². The van der Waals surface area contributed by atoms with Crippen molar-refractivity contribution < 1.29 is 0 Å². The van der Waals surface area contributed by atoms with E-state index in [2.05, 4.69) is 41.0 Å². The average molecular weight is 148 g/mol. The van der Waals surface area contributed by atoms with E-state index >= 15 is 0 Å². The molecule has 0 saturated carbocycles. The molecule has 0 heterocycles. The van der Waals surface area contributed by atoms with Crippen molar-refractivity contribution in [1.29, 1.82) is 0 Å². The Labute approximate surface area is 60.4 Å². The molecule has 1 heteroatoms. The van der Waals surface area contributed by atoms with Crippen LogP contribution in [0.4, 0.5) is 0 Å². The Morgan fingerprint density at radius 3 is 1.00 bits per heavy atom. The fourth-order valence-corrected chi connectivity index (χ4v) is 2.00. The van der Waals surface area contributed by atoms with Crippen LogP contribution < -0.4 is 0 Å². The molecule has 0 bridgehead atoms. The average Bonchev–Trinajstić information content (AvgIpc) is 1.65. The van der Waals surface area contributed by atoms with Crippen molar-refractivity contribution >= 4 is 7.26 Å². The van der Waals surface area contributed by atoms with Gasteiger partial charge in [-0.3, -0.25) is 0 Å². The summed E-state index contributed by atoms with van der Waals surface area (Å²) in [7, 11) is -0.858. The first-order chi connectivity index (χ1) is 3.89. The number of rotatable bonds is 2. The Morgan fingerprint density at radius 2 is 1.00 bits per heavy atom. The van der Waals surface area contributed by atoms with Gasteiger partial charge in [0.1, 0.15) is 0 Å². The molecule has 0 aliphatic heterocycles. The van der Waals surface area contributed by atoms with Crippen molar-refractivity contribution in [2.75, 3.05) is 13.3 Å². The minimum absolute atomic E-state index is 0.858. The van der Waals surface area contributed by atoms with Gasteiger partial charge in [-0.2, -0.15) is 0 Å². The van der Waals surface area contributed by atoms with Crippen LogP contribution >= 0.6 is 7.26 Å². The second-order valence-electron chi connectivity index (χ2n) is 4.13. The van der Waals surface area contributed by atoms with E-state index in [1.54, 1.807) is 0 Å². The fraction of sp³-hybridized carbons (Fsp3) is 1.00. The van der Waals surface area contributed by atoms with Gasteiger partial charge in [-0.15, -0.1) is 0 Å². The van der Waals surface area contributed by atoms with Crippen LogP contribution in [0.1, 0.15) is 27.7 Å². The molecule has 0 nitrogen and oxygen atoms in total. The molecule has 0 aromatic heterocycles. The summed E-state index contributed by atoms with van der Waals surface area (Å²) in [5.74, 6) is 0. The topological polar surface area (TPSA) is 0 Å². The molecule has 0 spiro atoms. The maximum atomic E-state index is 2.47. The van der Waals surface area contributed by atoms with Gasteiger partial charge in [-0.05, 0) is 0 Å². The van der Waals surface area contributed by atoms with Crippen LogP contribution in [0.15, 0.2) is 0 Å². The van der Waals surface area contributed by atoms with Crippen molar-refractivity contribution in [2.24, 2.45) is 0 Å². The summed E-state index contributed by atoms with van der Waals surface area (Å²) in [6, 6.07) is 0. The molecule has 0 radical (unpaired) electrons. The van der Waals surface area contributed by atoms with Crippen molar-refractivity contribution in [3.63, 3.8) is 0 Å². The van der Waals surface area contributed by atoms with Crippen molar-refractivity contribution in [3.05, 3.63) is 0 Å². The Balaban J connectivity index is 4.01. The third kappa shape index (κ3) is 2.26. The van der Waals surface area contributed by atoms with Crippen molar-refractivity contribution in [2.45, 2.75) is 39.0 Å². The zero-order valence-corrected chi connectivity index (χ0v) is 8.65. The van der Waals surface area contributed by atoms with E-state index in [1.165, 1.54) is 0 Å². The van der Waals surface area contributed by atoms with E-state index in [9.17, 15) is 0 Å². The molecule has 0 atom stereocenters. The Morgan fingerprint density at radius 1 is 0.778 bits per heavy atom. The summed E-state index contributed by atoms with van der Waals surface area (Å²) in [6.45, 7) is 14.4. The molecule has 0 rings (SSSR count). The summed E-state index contributed by atoms with van der Waals surface area (Å²) in [5.41, 5.74) is 1.86. The van der Waals surface area contributed by atoms with E-state index in [4.69, 9.17) is 0 Å². The van der Waals surface area contributed by atoms with Gasteiger partial charge in [-0.25, -0.2) is 0 Å². The predicted molar refractivity (Wildman–Crippen MR) is 50.4 cm³/mol. The van der Waals surface area contributed by atoms with Gasteiger partial charge in [0, 0.05) is 0 Å². The molecule has 0 aliphatic rings. The first-order valence-corrected chi connectivity index (χ1v) is 7.04. The Kier molecular flexibility index (Phi) is 3.16. The fourth-order valence-electron chi connectivity index (χ4n) is 0.667. The van der Waals surface area contributed by atoms with Gasteiger partial charge >= 0.3 is 59.6 Å². The van der Waals surface area contributed by atoms with Crippen LogP contribution in [0.25, 0.3) is 0 Å². The molecule has 0 aliphatic carbocycles. The van der Waals surface area contributed by atoms with Crippen LogP contribution in [-0.4, -0.2) is 24.6 Å². The summed E-state index contributed by atoms with van der Waals surface area (Å²) < 4.78 is 0. The van der Waals surface area contributed by atoms with Crippen molar-refractivity contribution in [3.8, 4) is 0 Å². The van der Waals surface area contributed by atoms with E-state index in [1.807, 2.05) is 0 Å². The molecule has 0 saturated heterocycles. The first kappa shape index (κ1) is 9.43. The van der Waals surface area contributed by atoms with E-state index < -0.39 is 7.26 Å². The zero-order chi connectivity index (χ0) is 7.65. The van der Waals surface area contributed by atoms with Gasteiger partial charge in [0.25, 0.3) is 0 Å². The minimum atomic E-state index is -0.858. The SMILES string of the molecule is CC(C)[PH](C)(C)C(C)C. The second kappa shape index (κ2) is 3.01.